The van der Waals surface area contributed by atoms with Crippen molar-refractivity contribution in [1.82, 2.24) is 40.8 Å². The van der Waals surface area contributed by atoms with Crippen molar-refractivity contribution < 1.29 is 37.4 Å². The first kappa shape index (κ1) is 39.2. The summed E-state index contributed by atoms with van der Waals surface area (Å²) >= 11 is 0. The molecule has 16 nitrogen and oxygen atoms in total. The highest BCUT2D eigenvalue weighted by molar-refractivity contribution is 5.85. The molecular formula is C38H42F3N11O5. The Hall–Kier alpha value is -6.00. The molecule has 19 heteroatoms. The number of nitriles is 1. The number of amides is 3. The molecule has 1 aliphatic carbocycles. The number of esters is 1. The molecule has 3 amide bonds. The number of aromatic nitrogens is 4. The molecule has 300 valence electrons. The van der Waals surface area contributed by atoms with E-state index in [0.29, 0.717) is 37.4 Å². The summed E-state index contributed by atoms with van der Waals surface area (Å²) in [5.74, 6) is -2.38. The number of anilines is 2. The van der Waals surface area contributed by atoms with E-state index in [1.807, 2.05) is 41.3 Å². The number of hydrogen-bond acceptors (Lipinski definition) is 12. The molecule has 4 aromatic rings. The monoisotopic (exact) mass is 789 g/mol. The minimum Gasteiger partial charge on any atom is -0.451 e. The van der Waals surface area contributed by atoms with Gasteiger partial charge >= 0.3 is 18.2 Å². The first-order valence-corrected chi connectivity index (χ1v) is 18.8. The number of alkyl halides is 3. The zero-order valence-electron chi connectivity index (χ0n) is 30.9. The third-order valence-electron chi connectivity index (χ3n) is 10.5. The number of benzene rings is 2. The molecule has 0 radical (unpaired) electrons. The number of carbonyl (C=O) groups excluding carboxylic acids is 3. The van der Waals surface area contributed by atoms with Gasteiger partial charge < -0.3 is 45.9 Å². The Morgan fingerprint density at radius 2 is 1.82 bits per heavy atom. The highest BCUT2D eigenvalue weighted by Crippen LogP contribution is 2.38. The highest BCUT2D eigenvalue weighted by Gasteiger charge is 2.51. The third kappa shape index (κ3) is 8.71. The lowest BCUT2D eigenvalue weighted by molar-refractivity contribution is -0.209. The fourth-order valence-corrected chi connectivity index (χ4v) is 7.54. The number of ether oxygens (including phenoxy) is 1. The quantitative estimate of drug-likeness (QED) is 0.121. The molecule has 2 aliphatic heterocycles. The first-order chi connectivity index (χ1) is 27.4. The molecule has 6 N–H and O–H groups in total. The van der Waals surface area contributed by atoms with Crippen LogP contribution in [-0.2, 0) is 20.9 Å². The maximum absolute atomic E-state index is 13.4. The van der Waals surface area contributed by atoms with E-state index in [4.69, 9.17) is 14.7 Å². The lowest BCUT2D eigenvalue weighted by Gasteiger charge is -2.25. The molecule has 2 aromatic carbocycles. The second kappa shape index (κ2) is 16.6. The summed E-state index contributed by atoms with van der Waals surface area (Å²) in [6.45, 7) is 4.22. The Kier molecular flexibility index (Phi) is 11.4. The summed E-state index contributed by atoms with van der Waals surface area (Å²) in [4.78, 5) is 53.2. The van der Waals surface area contributed by atoms with Crippen LogP contribution in [-0.4, -0.2) is 105 Å². The van der Waals surface area contributed by atoms with Crippen LogP contribution in [0.2, 0.25) is 0 Å². The van der Waals surface area contributed by atoms with Gasteiger partial charge in [0, 0.05) is 44.7 Å². The molecule has 0 bridgehead atoms. The van der Waals surface area contributed by atoms with E-state index in [2.05, 4.69) is 37.6 Å². The molecule has 2 aromatic heterocycles. The molecular weight excluding hydrogens is 747 g/mol. The minimum absolute atomic E-state index is 0.0370. The van der Waals surface area contributed by atoms with E-state index >= 15 is 0 Å². The van der Waals surface area contributed by atoms with Gasteiger partial charge in [-0.1, -0.05) is 49.4 Å². The first-order valence-electron chi connectivity index (χ1n) is 18.8. The molecule has 0 unspecified atom stereocenters. The molecule has 0 spiro atoms. The zero-order valence-corrected chi connectivity index (χ0v) is 30.9. The number of nitrogens with one attached hydrogen (secondary N) is 5. The number of fused-ring (bicyclic) bond motifs is 1. The molecule has 3 fully saturated rings. The molecule has 2 saturated heterocycles. The van der Waals surface area contributed by atoms with E-state index in [0.717, 1.165) is 29.7 Å². The molecule has 7 rings (SSSR count). The standard InChI is InChI=1S/C38H42F3N11O5/c1-2-29(53)48-27-15-28(32(31(27)54)57-35(55)38(39,40)41)52-20-45-30-33(44-17-21-7-9-22(10-8-21)26-6-4-3-5-23(26)16-42)49-36(50-34(30)52)51-14-12-25(19-51)47-37(56)46-24-11-13-43-18-24/h3-10,20,24-25,27-28,31-32,43,54H,2,11-15,17-19H2,1H3,(H,48,53)(H,44,49,50)(H2,46,47,56)/t24-,25-,27+,28-,31-,32+/m1/s1. The predicted octanol–water partition coefficient (Wildman–Crippen LogP) is 2.89. The van der Waals surface area contributed by atoms with Gasteiger partial charge in [0.15, 0.2) is 23.1 Å². The van der Waals surface area contributed by atoms with Gasteiger partial charge in [-0.05, 0) is 48.6 Å². The maximum atomic E-state index is 13.4. The molecule has 4 heterocycles. The van der Waals surface area contributed by atoms with Gasteiger partial charge in [-0.3, -0.25) is 4.79 Å². The maximum Gasteiger partial charge on any atom is 0.490 e. The van der Waals surface area contributed by atoms with Crippen LogP contribution < -0.4 is 31.5 Å². The summed E-state index contributed by atoms with van der Waals surface area (Å²) in [5.41, 5.74) is 3.51. The third-order valence-corrected chi connectivity index (χ3v) is 10.5. The number of halogens is 3. The van der Waals surface area contributed by atoms with E-state index in [1.165, 1.54) is 10.9 Å². The fourth-order valence-electron chi connectivity index (χ4n) is 7.54. The number of urea groups is 1. The van der Waals surface area contributed by atoms with Crippen molar-refractivity contribution in [1.29, 1.82) is 5.26 Å². The molecule has 57 heavy (non-hydrogen) atoms. The van der Waals surface area contributed by atoms with Gasteiger partial charge in [0.25, 0.3) is 0 Å². The van der Waals surface area contributed by atoms with Crippen LogP contribution in [0.25, 0.3) is 22.3 Å². The topological polar surface area (TPSA) is 211 Å². The van der Waals surface area contributed by atoms with Crippen LogP contribution in [0, 0.1) is 11.3 Å². The Labute approximate surface area is 325 Å². The van der Waals surface area contributed by atoms with Crippen molar-refractivity contribution in [3.05, 3.63) is 66.0 Å². The van der Waals surface area contributed by atoms with Crippen molar-refractivity contribution in [2.75, 3.05) is 36.4 Å². The Balaban J connectivity index is 1.19. The molecule has 1 saturated carbocycles. The number of rotatable bonds is 11. The average molecular weight is 790 g/mol. The van der Waals surface area contributed by atoms with Crippen LogP contribution in [0.1, 0.15) is 49.8 Å². The highest BCUT2D eigenvalue weighted by atomic mass is 19.4. The van der Waals surface area contributed by atoms with E-state index in [-0.39, 0.29) is 54.6 Å². The Morgan fingerprint density at radius 1 is 1.05 bits per heavy atom. The summed E-state index contributed by atoms with van der Waals surface area (Å²) in [6, 6.07) is 14.5. The predicted molar refractivity (Wildman–Crippen MR) is 201 cm³/mol. The van der Waals surface area contributed by atoms with Gasteiger partial charge in [-0.25, -0.2) is 14.6 Å². The number of aliphatic hydroxyl groups is 1. The van der Waals surface area contributed by atoms with Crippen molar-refractivity contribution in [2.45, 2.75) is 81.7 Å². The summed E-state index contributed by atoms with van der Waals surface area (Å²) < 4.78 is 46.7. The van der Waals surface area contributed by atoms with Gasteiger partial charge in [0.2, 0.25) is 11.9 Å². The van der Waals surface area contributed by atoms with Crippen molar-refractivity contribution in [2.24, 2.45) is 0 Å². The van der Waals surface area contributed by atoms with Crippen LogP contribution in [0.4, 0.5) is 29.7 Å². The lowest BCUT2D eigenvalue weighted by atomic mass is 9.99. The minimum atomic E-state index is -5.33. The van der Waals surface area contributed by atoms with E-state index in [1.54, 1.807) is 19.1 Å². The summed E-state index contributed by atoms with van der Waals surface area (Å²) in [7, 11) is 0. The van der Waals surface area contributed by atoms with E-state index in [9.17, 15) is 37.9 Å². The SMILES string of the molecule is CCC(=O)N[C@H]1C[C@@H](n2cnc3c(NCc4ccc(-c5ccccc5C#N)cc4)nc(N4CC[C@@H](NC(=O)N[C@@H]5CCNC5)C4)nc32)[C@H](OC(=O)C(F)(F)F)[C@@H]1O. The van der Waals surface area contributed by atoms with Crippen LogP contribution >= 0.6 is 0 Å². The number of carbonyl (C=O) groups is 3. The second-order valence-corrected chi connectivity index (χ2v) is 14.3. The van der Waals surface area contributed by atoms with Crippen LogP contribution in [0.3, 0.4) is 0 Å². The van der Waals surface area contributed by atoms with Crippen molar-refractivity contribution in [3.63, 3.8) is 0 Å². The van der Waals surface area contributed by atoms with Crippen LogP contribution in [0.15, 0.2) is 54.9 Å². The van der Waals surface area contributed by atoms with Crippen molar-refractivity contribution >= 4 is 40.8 Å². The summed E-state index contributed by atoms with van der Waals surface area (Å²) in [6.07, 6.45) is -6.01. The number of aliphatic hydroxyl groups excluding tert-OH is 1. The average Bonchev–Trinajstić information content (AvgIpc) is 4.03. The van der Waals surface area contributed by atoms with Gasteiger partial charge in [0.1, 0.15) is 6.10 Å². The zero-order chi connectivity index (χ0) is 40.3. The van der Waals surface area contributed by atoms with E-state index < -0.39 is 42.3 Å². The number of hydrogen-bond donors (Lipinski definition) is 6. The van der Waals surface area contributed by atoms with Crippen molar-refractivity contribution in [3.8, 4) is 17.2 Å². The Morgan fingerprint density at radius 3 is 2.54 bits per heavy atom. The van der Waals surface area contributed by atoms with Gasteiger partial charge in [-0.2, -0.15) is 28.4 Å². The fraction of sp³-hybridized carbons (Fsp3) is 0.447. The normalized spacial score (nSPS) is 23.3. The molecule has 6 atom stereocenters. The Bertz CT molecular complexity index is 2150. The molecule has 3 aliphatic rings. The lowest BCUT2D eigenvalue weighted by Crippen LogP contribution is -2.47. The second-order valence-electron chi connectivity index (χ2n) is 14.3. The number of imidazole rings is 1. The smallest absolute Gasteiger partial charge is 0.451 e. The van der Waals surface area contributed by atoms with Gasteiger partial charge in [0.05, 0.1) is 30.0 Å². The van der Waals surface area contributed by atoms with Gasteiger partial charge in [-0.15, -0.1) is 0 Å². The van der Waals surface area contributed by atoms with Crippen LogP contribution in [0.5, 0.6) is 0 Å². The largest absolute Gasteiger partial charge is 0.490 e. The summed E-state index contributed by atoms with van der Waals surface area (Å²) in [5, 5.41) is 35.9. The number of nitrogens with zero attached hydrogens (tertiary/aromatic N) is 6.